The van der Waals surface area contributed by atoms with Crippen LogP contribution in [0.2, 0.25) is 0 Å². The van der Waals surface area contributed by atoms with Crippen molar-refractivity contribution in [1.29, 1.82) is 0 Å². The van der Waals surface area contributed by atoms with E-state index in [1.54, 1.807) is 7.11 Å². The second kappa shape index (κ2) is 6.82. The second-order valence-corrected chi connectivity index (χ2v) is 8.01. The maximum atomic E-state index is 5.80. The van der Waals surface area contributed by atoms with Crippen molar-refractivity contribution in [1.82, 2.24) is 0 Å². The van der Waals surface area contributed by atoms with Gasteiger partial charge in [0.25, 0.3) is 0 Å². The molecule has 3 nitrogen and oxygen atoms in total. The number of methoxy groups -OCH3 is 1. The molecule has 0 unspecified atom stereocenters. The molecule has 3 aromatic rings. The Labute approximate surface area is 160 Å². The zero-order chi connectivity index (χ0) is 19.0. The van der Waals surface area contributed by atoms with Gasteiger partial charge in [0.05, 0.1) is 31.7 Å². The first kappa shape index (κ1) is 17.7. The number of hydrogen-bond acceptors (Lipinski definition) is 3. The average molecular weight is 359 g/mol. The highest BCUT2D eigenvalue weighted by atomic mass is 16.5. The predicted octanol–water partition coefficient (Wildman–Crippen LogP) is 6.05. The normalized spacial score (nSPS) is 14.4. The summed E-state index contributed by atoms with van der Waals surface area (Å²) < 4.78 is 11.1. The number of aliphatic imine (C=N–C) groups is 1. The van der Waals surface area contributed by atoms with Crippen molar-refractivity contribution in [2.75, 3.05) is 7.11 Å². The summed E-state index contributed by atoms with van der Waals surface area (Å²) in [6, 6.07) is 18.7. The number of nitrogens with zero attached hydrogens (tertiary/aromatic N) is 1. The predicted molar refractivity (Wildman–Crippen MR) is 111 cm³/mol. The Kier molecular flexibility index (Phi) is 4.48. The van der Waals surface area contributed by atoms with E-state index in [9.17, 15) is 0 Å². The van der Waals surface area contributed by atoms with Crippen LogP contribution in [-0.2, 0) is 18.0 Å². The fraction of sp³-hybridized carbons (Fsp3) is 0.292. The lowest BCUT2D eigenvalue weighted by molar-refractivity contribution is 0.134. The first-order valence-corrected chi connectivity index (χ1v) is 9.32. The molecule has 0 bridgehead atoms. The van der Waals surface area contributed by atoms with Crippen LogP contribution in [0, 0.1) is 5.41 Å². The van der Waals surface area contributed by atoms with Crippen LogP contribution in [0.1, 0.15) is 37.5 Å². The summed E-state index contributed by atoms with van der Waals surface area (Å²) in [5, 5.41) is 2.48. The summed E-state index contributed by atoms with van der Waals surface area (Å²) in [7, 11) is 1.68. The molecule has 0 spiro atoms. The van der Waals surface area contributed by atoms with Crippen molar-refractivity contribution in [2.24, 2.45) is 10.4 Å². The third-order valence-electron chi connectivity index (χ3n) is 5.01. The number of hydrogen-bond donors (Lipinski definition) is 0. The molecular weight excluding hydrogens is 334 g/mol. The molecule has 3 heteroatoms. The van der Waals surface area contributed by atoms with Gasteiger partial charge in [-0.2, -0.15) is 0 Å². The van der Waals surface area contributed by atoms with Gasteiger partial charge in [0, 0.05) is 11.0 Å². The van der Waals surface area contributed by atoms with Crippen molar-refractivity contribution in [3.8, 4) is 5.75 Å². The van der Waals surface area contributed by atoms with E-state index in [2.05, 4.69) is 51.1 Å². The Morgan fingerprint density at radius 1 is 1.00 bits per heavy atom. The zero-order valence-electron chi connectivity index (χ0n) is 16.4. The Morgan fingerprint density at radius 2 is 1.74 bits per heavy atom. The van der Waals surface area contributed by atoms with Crippen molar-refractivity contribution in [3.63, 3.8) is 0 Å². The van der Waals surface area contributed by atoms with Gasteiger partial charge in [-0.15, -0.1) is 0 Å². The number of ether oxygens (including phenoxy) is 2. The molecule has 0 saturated heterocycles. The highest BCUT2D eigenvalue weighted by Crippen LogP contribution is 2.37. The zero-order valence-corrected chi connectivity index (χ0v) is 16.4. The largest absolute Gasteiger partial charge is 0.497 e. The van der Waals surface area contributed by atoms with E-state index in [1.807, 2.05) is 24.3 Å². The minimum absolute atomic E-state index is 0.111. The van der Waals surface area contributed by atoms with Gasteiger partial charge in [-0.1, -0.05) is 45.0 Å². The van der Waals surface area contributed by atoms with Crippen molar-refractivity contribution >= 4 is 22.2 Å². The fourth-order valence-corrected chi connectivity index (χ4v) is 3.66. The van der Waals surface area contributed by atoms with Crippen LogP contribution in [0.3, 0.4) is 0 Å². The smallest absolute Gasteiger partial charge is 0.119 e. The van der Waals surface area contributed by atoms with Gasteiger partial charge in [-0.3, -0.25) is 4.99 Å². The monoisotopic (exact) mass is 359 g/mol. The van der Waals surface area contributed by atoms with Crippen LogP contribution >= 0.6 is 0 Å². The van der Waals surface area contributed by atoms with Crippen LogP contribution in [0.5, 0.6) is 5.75 Å². The minimum atomic E-state index is -0.111. The average Bonchev–Trinajstić information content (AvgIpc) is 3.12. The highest BCUT2D eigenvalue weighted by Gasteiger charge is 2.28. The fourth-order valence-electron chi connectivity index (χ4n) is 3.66. The summed E-state index contributed by atoms with van der Waals surface area (Å²) in [4.78, 5) is 5.11. The van der Waals surface area contributed by atoms with E-state index in [4.69, 9.17) is 14.5 Å². The molecule has 0 amide bonds. The molecule has 0 aliphatic carbocycles. The lowest BCUT2D eigenvalue weighted by atomic mass is 9.80. The topological polar surface area (TPSA) is 30.8 Å². The third-order valence-corrected chi connectivity index (χ3v) is 5.01. The molecule has 4 rings (SSSR count). The highest BCUT2D eigenvalue weighted by molar-refractivity contribution is 6.15. The molecule has 27 heavy (non-hydrogen) atoms. The summed E-state index contributed by atoms with van der Waals surface area (Å²) in [5.74, 6) is 0.839. The second-order valence-electron chi connectivity index (χ2n) is 8.01. The number of rotatable bonds is 3. The van der Waals surface area contributed by atoms with E-state index in [0.717, 1.165) is 17.1 Å². The van der Waals surface area contributed by atoms with Crippen LogP contribution in [-0.4, -0.2) is 12.8 Å². The van der Waals surface area contributed by atoms with Gasteiger partial charge < -0.3 is 9.47 Å². The lowest BCUT2D eigenvalue weighted by Gasteiger charge is -2.25. The molecule has 1 heterocycles. The maximum absolute atomic E-state index is 5.80. The Bertz CT molecular complexity index is 1010. The Morgan fingerprint density at radius 3 is 2.44 bits per heavy atom. The summed E-state index contributed by atoms with van der Waals surface area (Å²) in [5.41, 5.74) is 5.68. The maximum Gasteiger partial charge on any atom is 0.119 e. The Balaban J connectivity index is 1.98. The first-order chi connectivity index (χ1) is 13.0. The van der Waals surface area contributed by atoms with Crippen molar-refractivity contribution in [3.05, 3.63) is 71.3 Å². The summed E-state index contributed by atoms with van der Waals surface area (Å²) >= 11 is 0. The van der Waals surface area contributed by atoms with Crippen LogP contribution in [0.4, 0.5) is 5.69 Å². The van der Waals surface area contributed by atoms with Crippen LogP contribution in [0.25, 0.3) is 10.8 Å². The van der Waals surface area contributed by atoms with Gasteiger partial charge in [-0.05, 0) is 52.2 Å². The van der Waals surface area contributed by atoms with Gasteiger partial charge in [-0.25, -0.2) is 0 Å². The van der Waals surface area contributed by atoms with Gasteiger partial charge >= 0.3 is 0 Å². The van der Waals surface area contributed by atoms with Gasteiger partial charge in [0.2, 0.25) is 0 Å². The molecule has 1 aliphatic rings. The number of benzene rings is 3. The van der Waals surface area contributed by atoms with E-state index in [-0.39, 0.29) is 5.41 Å². The van der Waals surface area contributed by atoms with Crippen LogP contribution < -0.4 is 4.74 Å². The molecule has 0 fully saturated rings. The summed E-state index contributed by atoms with van der Waals surface area (Å²) in [6.45, 7) is 7.98. The first-order valence-electron chi connectivity index (χ1n) is 9.32. The minimum Gasteiger partial charge on any atom is -0.497 e. The molecule has 3 aromatic carbocycles. The van der Waals surface area contributed by atoms with Crippen molar-refractivity contribution in [2.45, 2.75) is 34.0 Å². The lowest BCUT2D eigenvalue weighted by Crippen LogP contribution is -2.23. The SMILES string of the molecule is COc1ccc(N=C(c2c3c(cc4ccccc24)COC3)C(C)(C)C)cc1. The van der Waals surface area contributed by atoms with Crippen molar-refractivity contribution < 1.29 is 9.47 Å². The quantitative estimate of drug-likeness (QED) is 0.533. The van der Waals surface area contributed by atoms with Crippen LogP contribution in [0.15, 0.2) is 59.6 Å². The van der Waals surface area contributed by atoms with E-state index >= 15 is 0 Å². The third kappa shape index (κ3) is 3.35. The molecular formula is C24H25NO2. The van der Waals surface area contributed by atoms with E-state index < -0.39 is 0 Å². The molecule has 0 saturated carbocycles. The van der Waals surface area contributed by atoms with E-state index in [1.165, 1.54) is 27.5 Å². The molecule has 0 aromatic heterocycles. The molecule has 1 aliphatic heterocycles. The molecule has 0 radical (unpaired) electrons. The number of fused-ring (bicyclic) bond motifs is 2. The van der Waals surface area contributed by atoms with Gasteiger partial charge in [0.15, 0.2) is 0 Å². The summed E-state index contributed by atoms with van der Waals surface area (Å²) in [6.07, 6.45) is 0. The Hall–Kier alpha value is -2.65. The molecule has 138 valence electrons. The molecule has 0 atom stereocenters. The van der Waals surface area contributed by atoms with Gasteiger partial charge in [0.1, 0.15) is 5.75 Å². The molecule has 0 N–H and O–H groups in total. The van der Waals surface area contributed by atoms with E-state index in [0.29, 0.717) is 13.2 Å². The standard InChI is InChI=1S/C24H25NO2/c1-24(2,3)23(25-18-9-11-19(26-4)12-10-18)22-20-8-6-5-7-16(20)13-17-14-27-15-21(17)22/h5-13H,14-15H2,1-4H3.